The molecule has 3 aromatic carbocycles. The van der Waals surface area contributed by atoms with E-state index in [2.05, 4.69) is 14.4 Å². The first kappa shape index (κ1) is 24.8. The van der Waals surface area contributed by atoms with Crippen LogP contribution in [0, 0.1) is 5.92 Å². The van der Waals surface area contributed by atoms with Gasteiger partial charge in [0.05, 0.1) is 11.9 Å². The van der Waals surface area contributed by atoms with Crippen molar-refractivity contribution in [2.24, 2.45) is 10.3 Å². The highest BCUT2D eigenvalue weighted by Crippen LogP contribution is 2.40. The van der Waals surface area contributed by atoms with Crippen LogP contribution in [0.15, 0.2) is 82.1 Å². The topological polar surface area (TPSA) is 159 Å². The molecule has 0 radical (unpaired) electrons. The Morgan fingerprint density at radius 1 is 1.03 bits per heavy atom. The number of sulfonamides is 2. The predicted molar refractivity (Wildman–Crippen MR) is 136 cm³/mol. The van der Waals surface area contributed by atoms with Crippen LogP contribution in [0.3, 0.4) is 0 Å². The molecular weight excluding hydrogens is 518 g/mol. The van der Waals surface area contributed by atoms with Gasteiger partial charge in [-0.3, -0.25) is 14.3 Å². The first-order chi connectivity index (χ1) is 17.4. The van der Waals surface area contributed by atoms with Gasteiger partial charge in [0.25, 0.3) is 10.0 Å². The molecule has 1 aliphatic heterocycles. The van der Waals surface area contributed by atoms with Crippen LogP contribution in [-0.2, 0) is 36.9 Å². The smallest absolute Gasteiger partial charge is 0.286 e. The van der Waals surface area contributed by atoms with E-state index < -0.39 is 49.0 Å². The summed E-state index contributed by atoms with van der Waals surface area (Å²) in [6.45, 7) is 0. The van der Waals surface area contributed by atoms with Crippen LogP contribution in [0.25, 0.3) is 0 Å². The van der Waals surface area contributed by atoms with Crippen LogP contribution < -0.4 is 10.0 Å². The molecule has 2 unspecified atom stereocenters. The van der Waals surface area contributed by atoms with E-state index in [1.165, 1.54) is 24.3 Å². The Morgan fingerprint density at radius 2 is 1.70 bits per heavy atom. The molecule has 0 saturated carbocycles. The van der Waals surface area contributed by atoms with E-state index in [0.29, 0.717) is 5.56 Å². The SMILES string of the molecule is CS(=O)(=O)Nc1ccc2c(c1)S(=O)(=O)N=C(C1C(=O)c3ccccc3C(O)(Cc3ccccc3)C1=O)N2. The molecule has 1 heterocycles. The lowest BCUT2D eigenvalue weighted by molar-refractivity contribution is -0.140. The number of nitrogens with zero attached hydrogens (tertiary/aromatic N) is 1. The van der Waals surface area contributed by atoms with Crippen LogP contribution in [-0.4, -0.2) is 45.6 Å². The number of amidine groups is 1. The number of hydrogen-bond donors (Lipinski definition) is 3. The number of rotatable bonds is 5. The summed E-state index contributed by atoms with van der Waals surface area (Å²) in [5.74, 6) is -3.74. The predicted octanol–water partition coefficient (Wildman–Crippen LogP) is 2.08. The molecule has 0 bridgehead atoms. The van der Waals surface area contributed by atoms with Crippen molar-refractivity contribution in [3.05, 3.63) is 89.5 Å². The molecule has 0 aromatic heterocycles. The number of hydrogen-bond acceptors (Lipinski definition) is 8. The van der Waals surface area contributed by atoms with Gasteiger partial charge in [0.1, 0.15) is 16.6 Å². The Kier molecular flexibility index (Phi) is 5.77. The number of fused-ring (bicyclic) bond motifs is 2. The monoisotopic (exact) mass is 539 g/mol. The van der Waals surface area contributed by atoms with Crippen molar-refractivity contribution in [2.75, 3.05) is 16.3 Å². The molecule has 5 rings (SSSR count). The van der Waals surface area contributed by atoms with Crippen molar-refractivity contribution in [3.63, 3.8) is 0 Å². The van der Waals surface area contributed by atoms with Crippen LogP contribution in [0.1, 0.15) is 21.5 Å². The fourth-order valence-electron chi connectivity index (χ4n) is 4.61. The van der Waals surface area contributed by atoms with Crippen molar-refractivity contribution in [1.82, 2.24) is 0 Å². The quantitative estimate of drug-likeness (QED) is 0.416. The van der Waals surface area contributed by atoms with Gasteiger partial charge in [-0.25, -0.2) is 8.42 Å². The van der Waals surface area contributed by atoms with Gasteiger partial charge in [0, 0.05) is 23.2 Å². The first-order valence-electron chi connectivity index (χ1n) is 11.1. The molecule has 190 valence electrons. The number of Topliss-reactive ketones (excluding diaryl/α,β-unsaturated/α-hetero) is 2. The zero-order valence-corrected chi connectivity index (χ0v) is 21.0. The summed E-state index contributed by atoms with van der Waals surface area (Å²) in [6.07, 6.45) is 0.786. The summed E-state index contributed by atoms with van der Waals surface area (Å²) in [5.41, 5.74) is -1.24. The molecule has 0 saturated heterocycles. The lowest BCUT2D eigenvalue weighted by Gasteiger charge is -2.37. The van der Waals surface area contributed by atoms with Gasteiger partial charge in [0.2, 0.25) is 10.0 Å². The van der Waals surface area contributed by atoms with Crippen molar-refractivity contribution in [1.29, 1.82) is 0 Å². The van der Waals surface area contributed by atoms with E-state index >= 15 is 0 Å². The molecule has 2 aliphatic rings. The summed E-state index contributed by atoms with van der Waals surface area (Å²) >= 11 is 0. The van der Waals surface area contributed by atoms with Crippen LogP contribution in [0.2, 0.25) is 0 Å². The summed E-state index contributed by atoms with van der Waals surface area (Å²) in [4.78, 5) is 26.9. The highest BCUT2D eigenvalue weighted by Gasteiger charge is 2.53. The van der Waals surface area contributed by atoms with Crippen LogP contribution in [0.5, 0.6) is 0 Å². The number of aliphatic hydroxyl groups is 1. The Morgan fingerprint density at radius 3 is 2.41 bits per heavy atom. The maximum absolute atomic E-state index is 13.8. The van der Waals surface area contributed by atoms with Gasteiger partial charge in [-0.2, -0.15) is 8.42 Å². The van der Waals surface area contributed by atoms with Gasteiger partial charge in [-0.1, -0.05) is 54.6 Å². The molecule has 0 fully saturated rings. The molecule has 0 amide bonds. The lowest BCUT2D eigenvalue weighted by atomic mass is 9.69. The maximum atomic E-state index is 13.8. The number of nitrogens with one attached hydrogen (secondary N) is 2. The number of ketones is 2. The maximum Gasteiger partial charge on any atom is 0.286 e. The van der Waals surface area contributed by atoms with Gasteiger partial charge in [-0.05, 0) is 23.8 Å². The molecule has 3 aromatic rings. The van der Waals surface area contributed by atoms with Crippen molar-refractivity contribution in [2.45, 2.75) is 16.9 Å². The van der Waals surface area contributed by atoms with Crippen molar-refractivity contribution < 1.29 is 31.5 Å². The normalized spacial score (nSPS) is 22.3. The van der Waals surface area contributed by atoms with Gasteiger partial charge in [0.15, 0.2) is 17.2 Å². The number of benzene rings is 3. The number of carbonyl (C=O) groups is 2. The molecule has 1 aliphatic carbocycles. The molecular formula is C25H21N3O7S2. The van der Waals surface area contributed by atoms with Crippen molar-refractivity contribution >= 4 is 48.8 Å². The van der Waals surface area contributed by atoms with E-state index in [4.69, 9.17) is 0 Å². The molecule has 3 N–H and O–H groups in total. The van der Waals surface area contributed by atoms with Gasteiger partial charge < -0.3 is 10.4 Å². The number of carbonyl (C=O) groups excluding carboxylic acids is 2. The van der Waals surface area contributed by atoms with E-state index in [9.17, 15) is 31.5 Å². The Bertz CT molecular complexity index is 1700. The second kappa shape index (κ2) is 8.61. The summed E-state index contributed by atoms with van der Waals surface area (Å²) in [5, 5.41) is 14.5. The third-order valence-corrected chi connectivity index (χ3v) is 8.13. The average Bonchev–Trinajstić information content (AvgIpc) is 2.83. The molecule has 37 heavy (non-hydrogen) atoms. The molecule has 10 nitrogen and oxygen atoms in total. The molecule has 0 spiro atoms. The second-order valence-electron chi connectivity index (χ2n) is 8.89. The largest absolute Gasteiger partial charge is 0.377 e. The fourth-order valence-corrected chi connectivity index (χ4v) is 6.34. The summed E-state index contributed by atoms with van der Waals surface area (Å²) < 4.78 is 55.1. The minimum absolute atomic E-state index is 0.00116. The van der Waals surface area contributed by atoms with Crippen LogP contribution in [0.4, 0.5) is 11.4 Å². The minimum Gasteiger partial charge on any atom is -0.377 e. The average molecular weight is 540 g/mol. The number of anilines is 2. The molecule has 12 heteroatoms. The second-order valence-corrected chi connectivity index (χ2v) is 12.2. The standard InChI is InChI=1S/C25H21N3O7S2/c1-36(32,33)27-16-11-12-19-20(13-16)37(34,35)28-24(26-19)21-22(29)17-9-5-6-10-18(17)25(31,23(21)30)14-15-7-3-2-4-8-15/h2-13,21,27,31H,14H2,1H3,(H,26,28). The first-order valence-corrected chi connectivity index (χ1v) is 14.4. The minimum atomic E-state index is -4.43. The van der Waals surface area contributed by atoms with E-state index in [1.54, 1.807) is 42.5 Å². The zero-order chi connectivity index (χ0) is 26.6. The van der Waals surface area contributed by atoms with E-state index in [0.717, 1.165) is 12.3 Å². The Balaban J connectivity index is 1.60. The third kappa shape index (κ3) is 4.43. The summed E-state index contributed by atoms with van der Waals surface area (Å²) in [6, 6.07) is 18.7. The van der Waals surface area contributed by atoms with Gasteiger partial charge in [-0.15, -0.1) is 4.40 Å². The van der Waals surface area contributed by atoms with E-state index in [-0.39, 0.29) is 33.8 Å². The third-order valence-electron chi connectivity index (χ3n) is 6.19. The Labute approximate surface area is 213 Å². The lowest BCUT2D eigenvalue weighted by Crippen LogP contribution is -2.53. The zero-order valence-electron chi connectivity index (χ0n) is 19.4. The van der Waals surface area contributed by atoms with Crippen molar-refractivity contribution in [3.8, 4) is 0 Å². The fraction of sp³-hybridized carbons (Fsp3) is 0.160. The van der Waals surface area contributed by atoms with Crippen LogP contribution >= 0.6 is 0 Å². The van der Waals surface area contributed by atoms with E-state index in [1.807, 2.05) is 0 Å². The molecule has 2 atom stereocenters. The van der Waals surface area contributed by atoms with Gasteiger partial charge >= 0.3 is 0 Å². The highest BCUT2D eigenvalue weighted by atomic mass is 32.2. The Hall–Kier alpha value is -3.87. The highest BCUT2D eigenvalue weighted by molar-refractivity contribution is 7.92. The summed E-state index contributed by atoms with van der Waals surface area (Å²) in [7, 11) is -8.10.